The number of nitrogens with zero attached hydrogens (tertiary/aromatic N) is 2. The summed E-state index contributed by atoms with van der Waals surface area (Å²) in [6.45, 7) is 2.07. The maximum atomic E-state index is 12.3. The molecule has 5 heteroatoms. The van der Waals surface area contributed by atoms with Crippen molar-refractivity contribution in [1.82, 2.24) is 9.78 Å². The van der Waals surface area contributed by atoms with Crippen LogP contribution < -0.4 is 5.32 Å². The topological polar surface area (TPSA) is 29.9 Å². The van der Waals surface area contributed by atoms with Crippen molar-refractivity contribution in [3.05, 3.63) is 47.3 Å². The second-order valence-corrected chi connectivity index (χ2v) is 4.34. The predicted octanol–water partition coefficient (Wildman–Crippen LogP) is 3.51. The summed E-state index contributed by atoms with van der Waals surface area (Å²) in [5, 5.41) is 6.64. The smallest absolute Gasteiger partial charge is 0.333 e. The number of nitrogens with one attached hydrogen (secondary N) is 1. The molecule has 0 bridgehead atoms. The van der Waals surface area contributed by atoms with E-state index >= 15 is 0 Å². The maximum absolute atomic E-state index is 12.3. The van der Waals surface area contributed by atoms with Crippen molar-refractivity contribution in [3.8, 4) is 0 Å². The van der Waals surface area contributed by atoms with Gasteiger partial charge in [-0.15, -0.1) is 0 Å². The van der Waals surface area contributed by atoms with Crippen LogP contribution in [0, 0.1) is 13.8 Å². The first-order valence-corrected chi connectivity index (χ1v) is 5.68. The summed E-state index contributed by atoms with van der Waals surface area (Å²) in [5.41, 5.74) is 4.09. The largest absolute Gasteiger partial charge is 0.378 e. The van der Waals surface area contributed by atoms with Gasteiger partial charge in [0.15, 0.2) is 0 Å². The Labute approximate surface area is 104 Å². The zero-order valence-corrected chi connectivity index (χ0v) is 10.3. The van der Waals surface area contributed by atoms with Gasteiger partial charge in [0.25, 0.3) is 0 Å². The molecule has 1 aromatic carbocycles. The van der Waals surface area contributed by atoms with Gasteiger partial charge in [-0.3, -0.25) is 0 Å². The van der Waals surface area contributed by atoms with Gasteiger partial charge >= 0.3 is 6.55 Å². The lowest BCUT2D eigenvalue weighted by Crippen LogP contribution is -2.00. The molecule has 3 nitrogen and oxygen atoms in total. The molecule has 0 fully saturated rings. The molecule has 2 rings (SSSR count). The third-order valence-corrected chi connectivity index (χ3v) is 2.58. The zero-order valence-electron chi connectivity index (χ0n) is 10.3. The fraction of sp³-hybridized carbons (Fsp3) is 0.308. The summed E-state index contributed by atoms with van der Waals surface area (Å²) in [4.78, 5) is 0. The van der Waals surface area contributed by atoms with Crippen molar-refractivity contribution >= 4 is 5.69 Å². The molecule has 0 atom stereocenters. The maximum Gasteiger partial charge on any atom is 0.333 e. The molecule has 0 aliphatic heterocycles. The predicted molar refractivity (Wildman–Crippen MR) is 66.7 cm³/mol. The van der Waals surface area contributed by atoms with E-state index in [9.17, 15) is 8.78 Å². The van der Waals surface area contributed by atoms with Gasteiger partial charge in [-0.25, -0.2) is 4.68 Å². The van der Waals surface area contributed by atoms with E-state index in [1.807, 2.05) is 13.8 Å². The molecule has 0 spiro atoms. The number of hydrogen-bond donors (Lipinski definition) is 1. The molecule has 0 aliphatic carbocycles. The second kappa shape index (κ2) is 5.16. The number of alkyl halides is 2. The van der Waals surface area contributed by atoms with E-state index in [2.05, 4.69) is 28.6 Å². The lowest BCUT2D eigenvalue weighted by Gasteiger charge is -2.06. The standard InChI is InChI=1S/C13H15F2N3/c1-9-3-10(2)5-11(4-9)6-16-12-7-17-18(8-12)13(14)15/h3-5,7-8,13,16H,6H2,1-2H3. The van der Waals surface area contributed by atoms with Gasteiger partial charge in [-0.2, -0.15) is 13.9 Å². The molecule has 2 aromatic rings. The van der Waals surface area contributed by atoms with Crippen molar-refractivity contribution in [3.63, 3.8) is 0 Å². The third-order valence-electron chi connectivity index (χ3n) is 2.58. The number of halogens is 2. The van der Waals surface area contributed by atoms with Crippen LogP contribution in [-0.4, -0.2) is 9.78 Å². The molecule has 0 unspecified atom stereocenters. The van der Waals surface area contributed by atoms with Gasteiger partial charge < -0.3 is 5.32 Å². The lowest BCUT2D eigenvalue weighted by molar-refractivity contribution is 0.0566. The fourth-order valence-corrected chi connectivity index (χ4v) is 1.91. The molecule has 0 aliphatic rings. The Hall–Kier alpha value is -1.91. The molecule has 0 saturated heterocycles. The fourth-order valence-electron chi connectivity index (χ4n) is 1.91. The number of hydrogen-bond acceptors (Lipinski definition) is 2. The van der Waals surface area contributed by atoms with Crippen molar-refractivity contribution in [2.24, 2.45) is 0 Å². The minimum atomic E-state index is -2.60. The summed E-state index contributed by atoms with van der Waals surface area (Å²) < 4.78 is 25.3. The van der Waals surface area contributed by atoms with Gasteiger partial charge in [0.1, 0.15) is 0 Å². The number of rotatable bonds is 4. The molecule has 0 radical (unpaired) electrons. The SMILES string of the molecule is Cc1cc(C)cc(CNc2cnn(C(F)F)c2)c1. The van der Waals surface area contributed by atoms with Crippen LogP contribution in [0.2, 0.25) is 0 Å². The third kappa shape index (κ3) is 3.06. The zero-order chi connectivity index (χ0) is 13.1. The average Bonchev–Trinajstić information content (AvgIpc) is 2.73. The minimum absolute atomic E-state index is 0.592. The molecular formula is C13H15F2N3. The summed E-state index contributed by atoms with van der Waals surface area (Å²) >= 11 is 0. The van der Waals surface area contributed by atoms with Crippen molar-refractivity contribution in [2.45, 2.75) is 26.9 Å². The van der Waals surface area contributed by atoms with Gasteiger partial charge in [0.05, 0.1) is 18.1 Å². The first-order valence-electron chi connectivity index (χ1n) is 5.68. The molecule has 1 aromatic heterocycles. The first-order chi connectivity index (χ1) is 8.54. The Balaban J connectivity index is 2.02. The van der Waals surface area contributed by atoms with Gasteiger partial charge in [-0.1, -0.05) is 29.3 Å². The minimum Gasteiger partial charge on any atom is -0.378 e. The summed E-state index contributed by atoms with van der Waals surface area (Å²) in [7, 11) is 0. The highest BCUT2D eigenvalue weighted by Crippen LogP contribution is 2.15. The molecule has 1 N–H and O–H groups in total. The van der Waals surface area contributed by atoms with Gasteiger partial charge in [0, 0.05) is 6.54 Å². The second-order valence-electron chi connectivity index (χ2n) is 4.34. The summed E-state index contributed by atoms with van der Waals surface area (Å²) in [5.74, 6) is 0. The van der Waals surface area contributed by atoms with Crippen molar-refractivity contribution in [1.29, 1.82) is 0 Å². The highest BCUT2D eigenvalue weighted by atomic mass is 19.3. The van der Waals surface area contributed by atoms with Crippen LogP contribution in [0.3, 0.4) is 0 Å². The van der Waals surface area contributed by atoms with Crippen molar-refractivity contribution in [2.75, 3.05) is 5.32 Å². The normalized spacial score (nSPS) is 10.9. The van der Waals surface area contributed by atoms with Gasteiger partial charge in [-0.05, 0) is 19.4 Å². The monoisotopic (exact) mass is 251 g/mol. The Morgan fingerprint density at radius 3 is 2.44 bits per heavy atom. The van der Waals surface area contributed by atoms with E-state index in [0.717, 1.165) is 5.56 Å². The van der Waals surface area contributed by atoms with Crippen LogP contribution in [-0.2, 0) is 6.54 Å². The first kappa shape index (κ1) is 12.5. The molecule has 96 valence electrons. The van der Waals surface area contributed by atoms with E-state index in [4.69, 9.17) is 0 Å². The Morgan fingerprint density at radius 2 is 1.89 bits per heavy atom. The average molecular weight is 251 g/mol. The highest BCUT2D eigenvalue weighted by Gasteiger charge is 2.06. The van der Waals surface area contributed by atoms with Crippen LogP contribution in [0.15, 0.2) is 30.6 Å². The summed E-state index contributed by atoms with van der Waals surface area (Å²) in [6, 6.07) is 6.23. The van der Waals surface area contributed by atoms with Gasteiger partial charge in [0.2, 0.25) is 0 Å². The molecule has 18 heavy (non-hydrogen) atoms. The van der Waals surface area contributed by atoms with Crippen LogP contribution in [0.25, 0.3) is 0 Å². The van der Waals surface area contributed by atoms with E-state index in [1.54, 1.807) is 0 Å². The quantitative estimate of drug-likeness (QED) is 0.901. The van der Waals surface area contributed by atoms with Crippen LogP contribution >= 0.6 is 0 Å². The molecule has 0 saturated carbocycles. The summed E-state index contributed by atoms with van der Waals surface area (Å²) in [6.07, 6.45) is 2.70. The van der Waals surface area contributed by atoms with E-state index < -0.39 is 6.55 Å². The lowest BCUT2D eigenvalue weighted by atomic mass is 10.1. The molecular weight excluding hydrogens is 236 g/mol. The van der Waals surface area contributed by atoms with Crippen LogP contribution in [0.5, 0.6) is 0 Å². The Bertz CT molecular complexity index is 515. The van der Waals surface area contributed by atoms with E-state index in [0.29, 0.717) is 16.9 Å². The van der Waals surface area contributed by atoms with Crippen LogP contribution in [0.1, 0.15) is 23.2 Å². The highest BCUT2D eigenvalue weighted by molar-refractivity contribution is 5.40. The number of aryl methyl sites for hydroxylation is 2. The van der Waals surface area contributed by atoms with Crippen molar-refractivity contribution < 1.29 is 8.78 Å². The molecule has 0 amide bonds. The number of benzene rings is 1. The number of anilines is 1. The molecule has 1 heterocycles. The Morgan fingerprint density at radius 1 is 1.22 bits per heavy atom. The number of aromatic nitrogens is 2. The van der Waals surface area contributed by atoms with E-state index in [1.165, 1.54) is 23.5 Å². The van der Waals surface area contributed by atoms with Crippen LogP contribution in [0.4, 0.5) is 14.5 Å². The Kier molecular flexibility index (Phi) is 3.60. The van der Waals surface area contributed by atoms with E-state index in [-0.39, 0.29) is 0 Å².